The van der Waals surface area contributed by atoms with E-state index in [1.54, 1.807) is 0 Å². The van der Waals surface area contributed by atoms with Crippen molar-refractivity contribution in [3.05, 3.63) is 65.2 Å². The second-order valence-corrected chi connectivity index (χ2v) is 5.59. The number of hydrogen-bond acceptors (Lipinski definition) is 2. The number of rotatable bonds is 2. The highest BCUT2D eigenvalue weighted by atomic mass is 35.5. The van der Waals surface area contributed by atoms with Crippen LogP contribution >= 0.6 is 23.8 Å². The van der Waals surface area contributed by atoms with E-state index in [-0.39, 0.29) is 6.23 Å². The number of nitrogens with one attached hydrogen (secondary N) is 1. The van der Waals surface area contributed by atoms with E-state index >= 15 is 0 Å². The lowest BCUT2D eigenvalue weighted by molar-refractivity contribution is 0.0642. The summed E-state index contributed by atoms with van der Waals surface area (Å²) in [6.07, 6.45) is -0.161. The molecule has 3 rings (SSSR count). The summed E-state index contributed by atoms with van der Waals surface area (Å²) in [5.74, 6) is 0. The van der Waals surface area contributed by atoms with E-state index in [9.17, 15) is 0 Å². The standard InChI is InChI=1S/C16H15ClN2OS/c17-13-8-6-12(7-9-13)15-19(10-11-20-15)16(21)18-14-4-2-1-3-5-14/h1-9,15H,10-11H2,(H,18,21)/t15-/m1/s1. The number of hydrogen-bond donors (Lipinski definition) is 1. The smallest absolute Gasteiger partial charge is 0.175 e. The lowest BCUT2D eigenvalue weighted by Gasteiger charge is -2.26. The molecule has 1 aliphatic heterocycles. The Kier molecular flexibility index (Phi) is 4.39. The Morgan fingerprint density at radius 3 is 2.57 bits per heavy atom. The van der Waals surface area contributed by atoms with Gasteiger partial charge in [-0.25, -0.2) is 0 Å². The first-order chi connectivity index (χ1) is 10.2. The lowest BCUT2D eigenvalue weighted by Crippen LogP contribution is -2.34. The van der Waals surface area contributed by atoms with Crippen molar-refractivity contribution in [1.82, 2.24) is 4.90 Å². The number of ether oxygens (including phenoxy) is 1. The monoisotopic (exact) mass is 318 g/mol. The van der Waals surface area contributed by atoms with Gasteiger partial charge < -0.3 is 15.0 Å². The summed E-state index contributed by atoms with van der Waals surface area (Å²) >= 11 is 11.4. The summed E-state index contributed by atoms with van der Waals surface area (Å²) in [4.78, 5) is 2.05. The number of benzene rings is 2. The van der Waals surface area contributed by atoms with E-state index in [2.05, 4.69) is 5.32 Å². The van der Waals surface area contributed by atoms with E-state index in [1.165, 1.54) is 0 Å². The van der Waals surface area contributed by atoms with Crippen molar-refractivity contribution in [3.8, 4) is 0 Å². The van der Waals surface area contributed by atoms with Crippen LogP contribution in [0.4, 0.5) is 5.69 Å². The fourth-order valence-electron chi connectivity index (χ4n) is 2.30. The van der Waals surface area contributed by atoms with Crippen molar-refractivity contribution in [2.75, 3.05) is 18.5 Å². The van der Waals surface area contributed by atoms with Crippen LogP contribution in [0.5, 0.6) is 0 Å². The van der Waals surface area contributed by atoms with E-state index in [0.29, 0.717) is 16.7 Å². The summed E-state index contributed by atoms with van der Waals surface area (Å²) in [6, 6.07) is 17.6. The molecule has 1 atom stereocenters. The van der Waals surface area contributed by atoms with Crippen LogP contribution in [0, 0.1) is 0 Å². The molecule has 1 aliphatic rings. The van der Waals surface area contributed by atoms with Gasteiger partial charge in [0.25, 0.3) is 0 Å². The predicted octanol–water partition coefficient (Wildman–Crippen LogP) is 4.07. The van der Waals surface area contributed by atoms with Gasteiger partial charge in [0.1, 0.15) is 0 Å². The summed E-state index contributed by atoms with van der Waals surface area (Å²) in [5.41, 5.74) is 2.03. The quantitative estimate of drug-likeness (QED) is 0.844. The van der Waals surface area contributed by atoms with Crippen LogP contribution in [0.25, 0.3) is 0 Å². The summed E-state index contributed by atoms with van der Waals surface area (Å²) in [6.45, 7) is 1.43. The van der Waals surface area contributed by atoms with Gasteiger partial charge in [-0.2, -0.15) is 0 Å². The van der Waals surface area contributed by atoms with Gasteiger partial charge in [-0.1, -0.05) is 41.9 Å². The molecule has 3 nitrogen and oxygen atoms in total. The first-order valence-corrected chi connectivity index (χ1v) is 7.52. The predicted molar refractivity (Wildman–Crippen MR) is 89.5 cm³/mol. The maximum atomic E-state index is 5.93. The first-order valence-electron chi connectivity index (χ1n) is 6.74. The Hall–Kier alpha value is -1.62. The Morgan fingerprint density at radius 1 is 1.14 bits per heavy atom. The number of nitrogens with zero attached hydrogens (tertiary/aromatic N) is 1. The number of halogens is 1. The van der Waals surface area contributed by atoms with Crippen molar-refractivity contribution in [3.63, 3.8) is 0 Å². The van der Waals surface area contributed by atoms with Gasteiger partial charge >= 0.3 is 0 Å². The van der Waals surface area contributed by atoms with Gasteiger partial charge in [0.05, 0.1) is 6.61 Å². The van der Waals surface area contributed by atoms with Crippen LogP contribution in [0.1, 0.15) is 11.8 Å². The van der Waals surface area contributed by atoms with Gasteiger partial charge in [-0.3, -0.25) is 0 Å². The van der Waals surface area contributed by atoms with Crippen molar-refractivity contribution in [2.45, 2.75) is 6.23 Å². The van der Waals surface area contributed by atoms with Gasteiger partial charge in [0.2, 0.25) is 0 Å². The molecule has 1 fully saturated rings. The average Bonchev–Trinajstić information content (AvgIpc) is 2.98. The van der Waals surface area contributed by atoms with E-state index in [1.807, 2.05) is 59.5 Å². The summed E-state index contributed by atoms with van der Waals surface area (Å²) < 4.78 is 5.81. The molecule has 2 aromatic carbocycles. The lowest BCUT2D eigenvalue weighted by atomic mass is 10.2. The molecular weight excluding hydrogens is 304 g/mol. The fourth-order valence-corrected chi connectivity index (χ4v) is 2.73. The molecule has 2 aromatic rings. The third-order valence-electron chi connectivity index (χ3n) is 3.33. The van der Waals surface area contributed by atoms with E-state index in [4.69, 9.17) is 28.6 Å². The van der Waals surface area contributed by atoms with Gasteiger partial charge in [-0.05, 0) is 36.5 Å². The number of thiocarbonyl (C=S) groups is 1. The molecule has 108 valence electrons. The second-order valence-electron chi connectivity index (χ2n) is 4.76. The van der Waals surface area contributed by atoms with Crippen molar-refractivity contribution < 1.29 is 4.74 Å². The van der Waals surface area contributed by atoms with Gasteiger partial charge in [0, 0.05) is 22.8 Å². The minimum Gasteiger partial charge on any atom is -0.352 e. The number of para-hydroxylation sites is 1. The van der Waals surface area contributed by atoms with Crippen LogP contribution in [0.2, 0.25) is 5.02 Å². The minimum absolute atomic E-state index is 0.161. The van der Waals surface area contributed by atoms with Crippen LogP contribution in [0.3, 0.4) is 0 Å². The molecule has 0 radical (unpaired) electrons. The first kappa shape index (κ1) is 14.3. The highest BCUT2D eigenvalue weighted by Crippen LogP contribution is 2.28. The molecule has 0 aliphatic carbocycles. The maximum absolute atomic E-state index is 5.93. The zero-order valence-corrected chi connectivity index (χ0v) is 12.9. The average molecular weight is 319 g/mol. The van der Waals surface area contributed by atoms with E-state index < -0.39 is 0 Å². The highest BCUT2D eigenvalue weighted by molar-refractivity contribution is 7.80. The SMILES string of the molecule is S=C(Nc1ccccc1)N1CCO[C@@H]1c1ccc(Cl)cc1. The molecule has 0 aromatic heterocycles. The van der Waals surface area contributed by atoms with E-state index in [0.717, 1.165) is 17.8 Å². The molecule has 0 bridgehead atoms. The fraction of sp³-hybridized carbons (Fsp3) is 0.188. The Labute approximate surface area is 134 Å². The molecule has 0 spiro atoms. The molecular formula is C16H15ClN2OS. The maximum Gasteiger partial charge on any atom is 0.175 e. The molecule has 21 heavy (non-hydrogen) atoms. The molecule has 1 N–H and O–H groups in total. The van der Waals surface area contributed by atoms with Crippen LogP contribution in [0.15, 0.2) is 54.6 Å². The molecule has 1 saturated heterocycles. The Balaban J connectivity index is 1.74. The minimum atomic E-state index is -0.161. The van der Waals surface area contributed by atoms with Crippen molar-refractivity contribution >= 4 is 34.6 Å². The molecule has 0 amide bonds. The Morgan fingerprint density at radius 2 is 1.86 bits per heavy atom. The zero-order chi connectivity index (χ0) is 14.7. The molecule has 0 unspecified atom stereocenters. The van der Waals surface area contributed by atoms with Gasteiger partial charge in [0.15, 0.2) is 11.3 Å². The second kappa shape index (κ2) is 6.43. The van der Waals surface area contributed by atoms with Crippen LogP contribution < -0.4 is 5.32 Å². The molecule has 0 saturated carbocycles. The Bertz CT molecular complexity index is 618. The number of anilines is 1. The highest BCUT2D eigenvalue weighted by Gasteiger charge is 2.28. The third-order valence-corrected chi connectivity index (χ3v) is 3.92. The zero-order valence-electron chi connectivity index (χ0n) is 11.3. The van der Waals surface area contributed by atoms with Crippen molar-refractivity contribution in [1.29, 1.82) is 0 Å². The third kappa shape index (κ3) is 3.35. The summed E-state index contributed by atoms with van der Waals surface area (Å²) in [7, 11) is 0. The largest absolute Gasteiger partial charge is 0.352 e. The van der Waals surface area contributed by atoms with Crippen LogP contribution in [-0.4, -0.2) is 23.2 Å². The molecule has 5 heteroatoms. The normalized spacial score (nSPS) is 17.8. The van der Waals surface area contributed by atoms with Crippen LogP contribution in [-0.2, 0) is 4.74 Å². The summed E-state index contributed by atoms with van der Waals surface area (Å²) in [5, 5.41) is 4.63. The topological polar surface area (TPSA) is 24.5 Å². The molecule has 1 heterocycles. The van der Waals surface area contributed by atoms with Crippen molar-refractivity contribution in [2.24, 2.45) is 0 Å². The van der Waals surface area contributed by atoms with Gasteiger partial charge in [-0.15, -0.1) is 0 Å².